The summed E-state index contributed by atoms with van der Waals surface area (Å²) in [5.74, 6) is -0.312. The quantitative estimate of drug-likeness (QED) is 0.826. The van der Waals surface area contributed by atoms with Crippen molar-refractivity contribution in [2.45, 2.75) is 26.5 Å². The molecule has 0 unspecified atom stereocenters. The van der Waals surface area contributed by atoms with Gasteiger partial charge >= 0.3 is 6.61 Å². The number of nitrogens with one attached hydrogen (secondary N) is 1. The van der Waals surface area contributed by atoms with Crippen LogP contribution >= 0.6 is 0 Å². The summed E-state index contributed by atoms with van der Waals surface area (Å²) in [5, 5.41) is 2.86. The Morgan fingerprint density at radius 2 is 1.83 bits per heavy atom. The number of ether oxygens (including phenoxy) is 2. The van der Waals surface area contributed by atoms with Crippen molar-refractivity contribution in [3.05, 3.63) is 59.7 Å². The van der Waals surface area contributed by atoms with E-state index in [2.05, 4.69) is 10.1 Å². The van der Waals surface area contributed by atoms with Gasteiger partial charge in [-0.3, -0.25) is 4.79 Å². The van der Waals surface area contributed by atoms with Gasteiger partial charge in [-0.15, -0.1) is 0 Å². The topological polar surface area (TPSA) is 47.6 Å². The molecule has 0 saturated heterocycles. The second-order valence-corrected chi connectivity index (χ2v) is 5.08. The normalized spacial score (nSPS) is 11.9. The number of halogens is 2. The van der Waals surface area contributed by atoms with Crippen molar-refractivity contribution in [1.82, 2.24) is 5.32 Å². The van der Waals surface area contributed by atoms with Crippen molar-refractivity contribution >= 4 is 5.91 Å². The molecule has 0 spiro atoms. The van der Waals surface area contributed by atoms with Crippen molar-refractivity contribution in [2.24, 2.45) is 0 Å². The minimum absolute atomic E-state index is 0.0977. The molecule has 0 aliphatic heterocycles. The zero-order chi connectivity index (χ0) is 17.5. The molecule has 1 N–H and O–H groups in total. The fourth-order valence-corrected chi connectivity index (χ4v) is 2.22. The number of amides is 1. The lowest BCUT2D eigenvalue weighted by molar-refractivity contribution is -0.0514. The second-order valence-electron chi connectivity index (χ2n) is 5.08. The molecule has 6 heteroatoms. The standard InChI is InChI=1S/C18H19F2NO3/c1-3-23-16-11-14(9-10-15(16)24-18(19)20)17(22)21-12(2)13-7-5-4-6-8-13/h4-12,18H,3H2,1-2H3,(H,21,22)/t12-/m1/s1. The van der Waals surface area contributed by atoms with E-state index >= 15 is 0 Å². The number of carbonyl (C=O) groups excluding carboxylic acids is 1. The molecule has 2 aromatic carbocycles. The molecule has 2 rings (SSSR count). The highest BCUT2D eigenvalue weighted by atomic mass is 19.3. The third kappa shape index (κ3) is 4.68. The summed E-state index contributed by atoms with van der Waals surface area (Å²) < 4.78 is 34.5. The van der Waals surface area contributed by atoms with Crippen molar-refractivity contribution in [2.75, 3.05) is 6.61 Å². The highest BCUT2D eigenvalue weighted by Crippen LogP contribution is 2.30. The van der Waals surface area contributed by atoms with Crippen LogP contribution < -0.4 is 14.8 Å². The first-order valence-corrected chi connectivity index (χ1v) is 7.58. The molecule has 0 aliphatic carbocycles. The number of rotatable bonds is 7. The van der Waals surface area contributed by atoms with Crippen LogP contribution in [-0.4, -0.2) is 19.1 Å². The predicted octanol–water partition coefficient (Wildman–Crippen LogP) is 4.18. The van der Waals surface area contributed by atoms with Crippen LogP contribution in [0.3, 0.4) is 0 Å². The van der Waals surface area contributed by atoms with Crippen LogP contribution in [0.1, 0.15) is 35.8 Å². The van der Waals surface area contributed by atoms with E-state index in [0.717, 1.165) is 5.56 Å². The van der Waals surface area contributed by atoms with E-state index in [-0.39, 0.29) is 30.1 Å². The Hall–Kier alpha value is -2.63. The average molecular weight is 335 g/mol. The second kappa shape index (κ2) is 8.29. The Labute approximate surface area is 139 Å². The molecule has 2 aromatic rings. The van der Waals surface area contributed by atoms with E-state index in [4.69, 9.17) is 4.74 Å². The van der Waals surface area contributed by atoms with Gasteiger partial charge in [-0.25, -0.2) is 0 Å². The molecule has 0 fully saturated rings. The Bertz CT molecular complexity index is 677. The van der Waals surface area contributed by atoms with Crippen LogP contribution in [0.2, 0.25) is 0 Å². The predicted molar refractivity (Wildman–Crippen MR) is 86.6 cm³/mol. The number of benzene rings is 2. The summed E-state index contributed by atoms with van der Waals surface area (Å²) in [4.78, 5) is 12.4. The van der Waals surface area contributed by atoms with Gasteiger partial charge in [0, 0.05) is 5.56 Å². The molecule has 1 atom stereocenters. The number of hydrogen-bond acceptors (Lipinski definition) is 3. The maximum Gasteiger partial charge on any atom is 0.387 e. The van der Waals surface area contributed by atoms with Crippen LogP contribution in [0.25, 0.3) is 0 Å². The lowest BCUT2D eigenvalue weighted by atomic mass is 10.1. The number of alkyl halides is 2. The van der Waals surface area contributed by atoms with Crippen molar-refractivity contribution in [1.29, 1.82) is 0 Å². The number of hydrogen-bond donors (Lipinski definition) is 1. The summed E-state index contributed by atoms with van der Waals surface area (Å²) in [6, 6.07) is 13.4. The Morgan fingerprint density at radius 3 is 2.46 bits per heavy atom. The molecule has 0 radical (unpaired) electrons. The van der Waals surface area contributed by atoms with Gasteiger partial charge in [0.1, 0.15) is 0 Å². The summed E-state index contributed by atoms with van der Waals surface area (Å²) in [7, 11) is 0. The maximum atomic E-state index is 12.4. The first-order valence-electron chi connectivity index (χ1n) is 7.58. The van der Waals surface area contributed by atoms with Gasteiger partial charge in [0.2, 0.25) is 0 Å². The van der Waals surface area contributed by atoms with Crippen LogP contribution in [0, 0.1) is 0 Å². The highest BCUT2D eigenvalue weighted by molar-refractivity contribution is 5.95. The minimum Gasteiger partial charge on any atom is -0.490 e. The first-order chi connectivity index (χ1) is 11.5. The molecule has 4 nitrogen and oxygen atoms in total. The van der Waals surface area contributed by atoms with Gasteiger partial charge < -0.3 is 14.8 Å². The smallest absolute Gasteiger partial charge is 0.387 e. The largest absolute Gasteiger partial charge is 0.490 e. The van der Waals surface area contributed by atoms with Crippen molar-refractivity contribution in [3.63, 3.8) is 0 Å². The zero-order valence-corrected chi connectivity index (χ0v) is 13.5. The molecular weight excluding hydrogens is 316 g/mol. The lowest BCUT2D eigenvalue weighted by Crippen LogP contribution is -2.26. The van der Waals surface area contributed by atoms with E-state index in [0.29, 0.717) is 5.56 Å². The SMILES string of the molecule is CCOc1cc(C(=O)N[C@H](C)c2ccccc2)ccc1OC(F)F. The van der Waals surface area contributed by atoms with E-state index in [1.807, 2.05) is 37.3 Å². The summed E-state index contributed by atoms with van der Waals surface area (Å²) in [5.41, 5.74) is 1.27. The van der Waals surface area contributed by atoms with Gasteiger partial charge in [-0.05, 0) is 37.6 Å². The van der Waals surface area contributed by atoms with Gasteiger partial charge in [0.15, 0.2) is 11.5 Å². The maximum absolute atomic E-state index is 12.4. The highest BCUT2D eigenvalue weighted by Gasteiger charge is 2.16. The zero-order valence-electron chi connectivity index (χ0n) is 13.5. The fraction of sp³-hybridized carbons (Fsp3) is 0.278. The fourth-order valence-electron chi connectivity index (χ4n) is 2.22. The van der Waals surface area contributed by atoms with E-state index in [1.165, 1.54) is 18.2 Å². The van der Waals surface area contributed by atoms with Gasteiger partial charge in [0.05, 0.1) is 12.6 Å². The molecule has 0 aliphatic rings. The van der Waals surface area contributed by atoms with Gasteiger partial charge in [0.25, 0.3) is 5.91 Å². The monoisotopic (exact) mass is 335 g/mol. The van der Waals surface area contributed by atoms with Crippen LogP contribution in [0.15, 0.2) is 48.5 Å². The Kier molecular flexibility index (Phi) is 6.12. The molecule has 0 aromatic heterocycles. The van der Waals surface area contributed by atoms with E-state index in [1.54, 1.807) is 6.92 Å². The van der Waals surface area contributed by atoms with Gasteiger partial charge in [-0.2, -0.15) is 8.78 Å². The van der Waals surface area contributed by atoms with Crippen LogP contribution in [0.4, 0.5) is 8.78 Å². The van der Waals surface area contributed by atoms with Gasteiger partial charge in [-0.1, -0.05) is 30.3 Å². The summed E-state index contributed by atoms with van der Waals surface area (Å²) in [6.45, 7) is 0.897. The van der Waals surface area contributed by atoms with E-state index in [9.17, 15) is 13.6 Å². The lowest BCUT2D eigenvalue weighted by Gasteiger charge is -2.16. The summed E-state index contributed by atoms with van der Waals surface area (Å²) in [6.07, 6.45) is 0. The van der Waals surface area contributed by atoms with Crippen molar-refractivity contribution in [3.8, 4) is 11.5 Å². The Balaban J connectivity index is 2.15. The molecule has 0 heterocycles. The third-order valence-corrected chi connectivity index (χ3v) is 3.37. The summed E-state index contributed by atoms with van der Waals surface area (Å²) >= 11 is 0. The number of carbonyl (C=O) groups is 1. The third-order valence-electron chi connectivity index (χ3n) is 3.37. The van der Waals surface area contributed by atoms with Crippen LogP contribution in [0.5, 0.6) is 11.5 Å². The minimum atomic E-state index is -2.96. The molecule has 128 valence electrons. The molecular formula is C18H19F2NO3. The molecule has 0 saturated carbocycles. The Morgan fingerprint density at radius 1 is 1.12 bits per heavy atom. The van der Waals surface area contributed by atoms with E-state index < -0.39 is 6.61 Å². The van der Waals surface area contributed by atoms with Crippen molar-refractivity contribution < 1.29 is 23.0 Å². The van der Waals surface area contributed by atoms with Crippen LogP contribution in [-0.2, 0) is 0 Å². The molecule has 1 amide bonds. The molecule has 24 heavy (non-hydrogen) atoms. The molecule has 0 bridgehead atoms. The first kappa shape index (κ1) is 17.7. The average Bonchev–Trinajstić information content (AvgIpc) is 2.57.